The lowest BCUT2D eigenvalue weighted by molar-refractivity contribution is -0.143. The minimum atomic E-state index is -0.282. The van der Waals surface area contributed by atoms with Gasteiger partial charge in [0.05, 0.1) is 6.61 Å². The fourth-order valence-corrected chi connectivity index (χ4v) is 2.62. The van der Waals surface area contributed by atoms with Gasteiger partial charge >= 0.3 is 0 Å². The third-order valence-corrected chi connectivity index (χ3v) is 3.75. The molecule has 0 aromatic rings. The van der Waals surface area contributed by atoms with Crippen LogP contribution in [0.2, 0.25) is 0 Å². The van der Waals surface area contributed by atoms with E-state index in [1.165, 1.54) is 25.9 Å². The molecule has 5 heteroatoms. The first kappa shape index (κ1) is 13.8. The van der Waals surface area contributed by atoms with Crippen LogP contribution in [-0.2, 0) is 9.53 Å². The summed E-state index contributed by atoms with van der Waals surface area (Å²) in [6.45, 7) is 6.53. The monoisotopic (exact) mass is 255 g/mol. The highest BCUT2D eigenvalue weighted by Crippen LogP contribution is 2.08. The van der Waals surface area contributed by atoms with Gasteiger partial charge in [-0.3, -0.25) is 4.79 Å². The fourth-order valence-electron chi connectivity index (χ4n) is 2.62. The molecule has 0 aromatic heterocycles. The van der Waals surface area contributed by atoms with Gasteiger partial charge in [0.2, 0.25) is 0 Å². The van der Waals surface area contributed by atoms with Crippen LogP contribution in [0.1, 0.15) is 19.3 Å². The number of likely N-dealkylation sites (tertiary alicyclic amines) is 1. The first-order chi connectivity index (χ1) is 8.77. The molecule has 18 heavy (non-hydrogen) atoms. The smallest absolute Gasteiger partial charge is 0.252 e. The van der Waals surface area contributed by atoms with E-state index in [-0.39, 0.29) is 12.0 Å². The van der Waals surface area contributed by atoms with Crippen molar-refractivity contribution in [3.63, 3.8) is 0 Å². The molecule has 1 N–H and O–H groups in total. The van der Waals surface area contributed by atoms with E-state index < -0.39 is 0 Å². The lowest BCUT2D eigenvalue weighted by atomic mass is 10.2. The second kappa shape index (κ2) is 7.07. The third-order valence-electron chi connectivity index (χ3n) is 3.75. The lowest BCUT2D eigenvalue weighted by Gasteiger charge is -2.27. The van der Waals surface area contributed by atoms with E-state index in [9.17, 15) is 4.79 Å². The minimum absolute atomic E-state index is 0.114. The van der Waals surface area contributed by atoms with Crippen LogP contribution in [0.3, 0.4) is 0 Å². The Morgan fingerprint density at radius 3 is 2.89 bits per heavy atom. The summed E-state index contributed by atoms with van der Waals surface area (Å²) in [6.07, 6.45) is 3.44. The summed E-state index contributed by atoms with van der Waals surface area (Å²) < 4.78 is 5.48. The maximum Gasteiger partial charge on any atom is 0.252 e. The van der Waals surface area contributed by atoms with Gasteiger partial charge in [-0.05, 0) is 38.9 Å². The summed E-state index contributed by atoms with van der Waals surface area (Å²) in [6, 6.07) is 0. The predicted molar refractivity (Wildman–Crippen MR) is 70.5 cm³/mol. The van der Waals surface area contributed by atoms with Crippen molar-refractivity contribution in [2.45, 2.75) is 25.4 Å². The molecule has 2 aliphatic rings. The molecule has 0 saturated carbocycles. The standard InChI is InChI=1S/C13H25N3O2/c1-15(6-4-9-16-7-2-3-8-16)13(17)12-11-14-5-10-18-12/h12,14H,2-11H2,1H3/t12-/m1/s1. The number of amides is 1. The van der Waals surface area contributed by atoms with E-state index in [0.29, 0.717) is 13.2 Å². The molecule has 0 radical (unpaired) electrons. The zero-order chi connectivity index (χ0) is 12.8. The molecule has 1 atom stereocenters. The number of nitrogens with zero attached hydrogens (tertiary/aromatic N) is 2. The van der Waals surface area contributed by atoms with Crippen molar-refractivity contribution >= 4 is 5.91 Å². The van der Waals surface area contributed by atoms with E-state index in [1.807, 2.05) is 11.9 Å². The first-order valence-electron chi connectivity index (χ1n) is 7.07. The zero-order valence-electron chi connectivity index (χ0n) is 11.4. The zero-order valence-corrected chi connectivity index (χ0v) is 11.4. The highest BCUT2D eigenvalue weighted by molar-refractivity contribution is 5.81. The van der Waals surface area contributed by atoms with Crippen molar-refractivity contribution < 1.29 is 9.53 Å². The molecule has 0 aliphatic carbocycles. The fraction of sp³-hybridized carbons (Fsp3) is 0.923. The Bertz CT molecular complexity index is 261. The molecule has 0 bridgehead atoms. The van der Waals surface area contributed by atoms with Gasteiger partial charge in [0, 0.05) is 26.7 Å². The molecule has 2 aliphatic heterocycles. The second-order valence-corrected chi connectivity index (χ2v) is 5.23. The Hall–Kier alpha value is -0.650. The van der Waals surface area contributed by atoms with Crippen LogP contribution in [0.4, 0.5) is 0 Å². The number of nitrogens with one attached hydrogen (secondary N) is 1. The summed E-state index contributed by atoms with van der Waals surface area (Å²) in [5.41, 5.74) is 0. The number of carbonyl (C=O) groups is 1. The summed E-state index contributed by atoms with van der Waals surface area (Å²) in [4.78, 5) is 16.4. The molecule has 2 saturated heterocycles. The largest absolute Gasteiger partial charge is 0.366 e. The van der Waals surface area contributed by atoms with Crippen molar-refractivity contribution in [3.05, 3.63) is 0 Å². The number of morpholine rings is 1. The molecule has 104 valence electrons. The maximum absolute atomic E-state index is 12.1. The van der Waals surface area contributed by atoms with E-state index in [4.69, 9.17) is 4.74 Å². The maximum atomic E-state index is 12.1. The SMILES string of the molecule is CN(CCCN1CCCC1)C(=O)[C@H]1CNCCO1. The van der Waals surface area contributed by atoms with E-state index >= 15 is 0 Å². The predicted octanol–water partition coefficient (Wildman–Crippen LogP) is -0.0809. The second-order valence-electron chi connectivity index (χ2n) is 5.23. The molecule has 0 aromatic carbocycles. The van der Waals surface area contributed by atoms with Crippen LogP contribution in [0, 0.1) is 0 Å². The van der Waals surface area contributed by atoms with E-state index in [2.05, 4.69) is 10.2 Å². The highest BCUT2D eigenvalue weighted by Gasteiger charge is 2.24. The first-order valence-corrected chi connectivity index (χ1v) is 7.07. The molecule has 2 rings (SSSR count). The lowest BCUT2D eigenvalue weighted by Crippen LogP contribution is -2.48. The van der Waals surface area contributed by atoms with E-state index in [0.717, 1.165) is 26.1 Å². The van der Waals surface area contributed by atoms with Crippen LogP contribution in [0.5, 0.6) is 0 Å². The molecular formula is C13H25N3O2. The molecule has 2 heterocycles. The number of hydrogen-bond donors (Lipinski definition) is 1. The molecule has 0 spiro atoms. The van der Waals surface area contributed by atoms with Gasteiger partial charge in [0.25, 0.3) is 5.91 Å². The van der Waals surface area contributed by atoms with Crippen molar-refractivity contribution in [2.24, 2.45) is 0 Å². The normalized spacial score (nSPS) is 25.3. The van der Waals surface area contributed by atoms with Crippen molar-refractivity contribution in [1.82, 2.24) is 15.1 Å². The van der Waals surface area contributed by atoms with Crippen LogP contribution in [-0.4, -0.2) is 74.7 Å². The van der Waals surface area contributed by atoms with Crippen LogP contribution < -0.4 is 5.32 Å². The molecule has 5 nitrogen and oxygen atoms in total. The number of carbonyl (C=O) groups excluding carboxylic acids is 1. The number of ether oxygens (including phenoxy) is 1. The Morgan fingerprint density at radius 2 is 2.22 bits per heavy atom. The Labute approximate surface area is 109 Å². The van der Waals surface area contributed by atoms with Gasteiger partial charge in [-0.25, -0.2) is 0 Å². The van der Waals surface area contributed by atoms with Gasteiger partial charge in [0.15, 0.2) is 0 Å². The van der Waals surface area contributed by atoms with Crippen molar-refractivity contribution in [3.8, 4) is 0 Å². The van der Waals surface area contributed by atoms with Crippen LogP contribution >= 0.6 is 0 Å². The molecule has 1 amide bonds. The van der Waals surface area contributed by atoms with Crippen LogP contribution in [0.15, 0.2) is 0 Å². The average molecular weight is 255 g/mol. The van der Waals surface area contributed by atoms with Gasteiger partial charge in [-0.15, -0.1) is 0 Å². The summed E-state index contributed by atoms with van der Waals surface area (Å²) in [5.74, 6) is 0.114. The minimum Gasteiger partial charge on any atom is -0.366 e. The quantitative estimate of drug-likeness (QED) is 0.746. The van der Waals surface area contributed by atoms with Crippen molar-refractivity contribution in [1.29, 1.82) is 0 Å². The third kappa shape index (κ3) is 3.93. The van der Waals surface area contributed by atoms with Gasteiger partial charge in [-0.1, -0.05) is 0 Å². The van der Waals surface area contributed by atoms with E-state index in [1.54, 1.807) is 0 Å². The number of likely N-dealkylation sites (N-methyl/N-ethyl adjacent to an activating group) is 1. The highest BCUT2D eigenvalue weighted by atomic mass is 16.5. The summed E-state index contributed by atoms with van der Waals surface area (Å²) in [7, 11) is 1.88. The Balaban J connectivity index is 1.63. The average Bonchev–Trinajstić information content (AvgIpc) is 2.92. The molecular weight excluding hydrogens is 230 g/mol. The molecule has 0 unspecified atom stereocenters. The topological polar surface area (TPSA) is 44.8 Å². The van der Waals surface area contributed by atoms with Gasteiger partial charge in [0.1, 0.15) is 6.10 Å². The van der Waals surface area contributed by atoms with Gasteiger partial charge in [-0.2, -0.15) is 0 Å². The number of hydrogen-bond acceptors (Lipinski definition) is 4. The van der Waals surface area contributed by atoms with Crippen molar-refractivity contribution in [2.75, 3.05) is 52.9 Å². The van der Waals surface area contributed by atoms with Gasteiger partial charge < -0.3 is 19.9 Å². The summed E-state index contributed by atoms with van der Waals surface area (Å²) >= 11 is 0. The number of rotatable bonds is 5. The molecule has 2 fully saturated rings. The summed E-state index contributed by atoms with van der Waals surface area (Å²) in [5, 5.41) is 3.19. The Morgan fingerprint density at radius 1 is 1.44 bits per heavy atom. The van der Waals surface area contributed by atoms with Crippen LogP contribution in [0.25, 0.3) is 0 Å². The Kier molecular flexibility index (Phi) is 5.41.